The van der Waals surface area contributed by atoms with Crippen LogP contribution in [-0.2, 0) is 6.42 Å². The van der Waals surface area contributed by atoms with E-state index in [4.69, 9.17) is 11.6 Å². The van der Waals surface area contributed by atoms with Crippen LogP contribution in [0.25, 0.3) is 11.4 Å². The van der Waals surface area contributed by atoms with E-state index in [9.17, 15) is 13.6 Å². The van der Waals surface area contributed by atoms with Gasteiger partial charge < -0.3 is 10.6 Å². The zero-order valence-electron chi connectivity index (χ0n) is 17.7. The lowest BCUT2D eigenvalue weighted by molar-refractivity contribution is 0.102. The van der Waals surface area contributed by atoms with Gasteiger partial charge in [0.2, 0.25) is 5.95 Å². The van der Waals surface area contributed by atoms with Gasteiger partial charge in [-0.2, -0.15) is 0 Å². The molecular formula is C25H18ClF2N5O. The minimum atomic E-state index is -0.578. The summed E-state index contributed by atoms with van der Waals surface area (Å²) >= 11 is 5.80. The third-order valence-electron chi connectivity index (χ3n) is 5.64. The van der Waals surface area contributed by atoms with Crippen molar-refractivity contribution < 1.29 is 13.6 Å². The normalized spacial score (nSPS) is 14.5. The molecule has 0 unspecified atom stereocenters. The molecule has 0 bridgehead atoms. The van der Waals surface area contributed by atoms with Crippen LogP contribution in [0.3, 0.4) is 0 Å². The molecule has 0 fully saturated rings. The average Bonchev–Trinajstić information content (AvgIpc) is 3.27. The Labute approximate surface area is 199 Å². The highest BCUT2D eigenvalue weighted by atomic mass is 35.5. The third kappa shape index (κ3) is 4.32. The van der Waals surface area contributed by atoms with Crippen molar-refractivity contribution in [2.45, 2.75) is 18.9 Å². The summed E-state index contributed by atoms with van der Waals surface area (Å²) < 4.78 is 28.3. The Balaban J connectivity index is 1.40. The number of amides is 1. The molecule has 34 heavy (non-hydrogen) atoms. The maximum Gasteiger partial charge on any atom is 0.255 e. The van der Waals surface area contributed by atoms with Crippen LogP contribution >= 0.6 is 11.6 Å². The van der Waals surface area contributed by atoms with E-state index >= 15 is 0 Å². The number of rotatable bonds is 5. The molecule has 0 spiro atoms. The summed E-state index contributed by atoms with van der Waals surface area (Å²) in [6, 6.07) is 13.5. The molecule has 4 aromatic rings. The Morgan fingerprint density at radius 1 is 0.971 bits per heavy atom. The summed E-state index contributed by atoms with van der Waals surface area (Å²) in [5, 5.41) is 5.80. The Bertz CT molecular complexity index is 1380. The second-order valence-electron chi connectivity index (χ2n) is 7.79. The van der Waals surface area contributed by atoms with E-state index in [-0.39, 0.29) is 5.02 Å². The second kappa shape index (κ2) is 9.15. The fourth-order valence-corrected chi connectivity index (χ4v) is 4.27. The van der Waals surface area contributed by atoms with Crippen molar-refractivity contribution in [3.05, 3.63) is 100 Å². The minimum absolute atomic E-state index is 0.0978. The van der Waals surface area contributed by atoms with Crippen molar-refractivity contribution >= 4 is 29.1 Å². The lowest BCUT2D eigenvalue weighted by Crippen LogP contribution is -2.16. The highest BCUT2D eigenvalue weighted by Gasteiger charge is 2.30. The highest BCUT2D eigenvalue weighted by Crippen LogP contribution is 2.37. The fourth-order valence-electron chi connectivity index (χ4n) is 4.09. The van der Waals surface area contributed by atoms with Crippen molar-refractivity contribution in [3.63, 3.8) is 0 Å². The highest BCUT2D eigenvalue weighted by molar-refractivity contribution is 6.31. The van der Waals surface area contributed by atoms with Gasteiger partial charge in [0.05, 0.1) is 22.5 Å². The van der Waals surface area contributed by atoms with Gasteiger partial charge in [0.15, 0.2) is 0 Å². The van der Waals surface area contributed by atoms with E-state index in [0.717, 1.165) is 0 Å². The van der Waals surface area contributed by atoms with Crippen LogP contribution in [0.4, 0.5) is 20.4 Å². The predicted octanol–water partition coefficient (Wildman–Crippen LogP) is 5.82. The Morgan fingerprint density at radius 2 is 1.82 bits per heavy atom. The molecular weight excluding hydrogens is 460 g/mol. The third-order valence-corrected chi connectivity index (χ3v) is 5.93. The van der Waals surface area contributed by atoms with Crippen LogP contribution in [0.2, 0.25) is 5.02 Å². The topological polar surface area (TPSA) is 79.8 Å². The number of benzene rings is 2. The van der Waals surface area contributed by atoms with Crippen molar-refractivity contribution in [1.82, 2.24) is 15.0 Å². The molecule has 0 saturated heterocycles. The van der Waals surface area contributed by atoms with Crippen LogP contribution in [0.15, 0.2) is 67.0 Å². The predicted molar refractivity (Wildman–Crippen MR) is 126 cm³/mol. The Kier molecular flexibility index (Phi) is 5.90. The van der Waals surface area contributed by atoms with Gasteiger partial charge in [-0.15, -0.1) is 0 Å². The first-order valence-corrected chi connectivity index (χ1v) is 11.0. The van der Waals surface area contributed by atoms with Crippen molar-refractivity contribution in [3.8, 4) is 11.4 Å². The average molecular weight is 478 g/mol. The molecule has 0 aliphatic heterocycles. The van der Waals surface area contributed by atoms with Gasteiger partial charge in [0.1, 0.15) is 11.6 Å². The number of anilines is 2. The zero-order valence-corrected chi connectivity index (χ0v) is 18.5. The lowest BCUT2D eigenvalue weighted by atomic mass is 10.0. The number of pyridine rings is 1. The van der Waals surface area contributed by atoms with E-state index in [2.05, 4.69) is 25.6 Å². The van der Waals surface area contributed by atoms with Gasteiger partial charge in [0, 0.05) is 29.2 Å². The second-order valence-corrected chi connectivity index (χ2v) is 8.19. The number of hydrogen-bond acceptors (Lipinski definition) is 5. The van der Waals surface area contributed by atoms with Crippen molar-refractivity contribution in [2.75, 3.05) is 10.6 Å². The first-order valence-electron chi connectivity index (χ1n) is 10.6. The monoisotopic (exact) mass is 477 g/mol. The van der Waals surface area contributed by atoms with Gasteiger partial charge in [-0.1, -0.05) is 17.7 Å². The first kappa shape index (κ1) is 21.9. The Hall–Kier alpha value is -3.91. The van der Waals surface area contributed by atoms with E-state index in [1.807, 2.05) is 18.2 Å². The molecule has 2 aromatic heterocycles. The van der Waals surface area contributed by atoms with Gasteiger partial charge in [0.25, 0.3) is 5.91 Å². The SMILES string of the molecule is O=C(Nc1ccc(F)c(Cl)c1)c1ccc(F)c2c1CC[C@@H]2Nc1nccc(-c2ccccn2)n1. The quantitative estimate of drug-likeness (QED) is 0.378. The molecule has 1 amide bonds. The van der Waals surface area contributed by atoms with Gasteiger partial charge in [-0.3, -0.25) is 9.78 Å². The van der Waals surface area contributed by atoms with Crippen LogP contribution in [0.1, 0.15) is 33.9 Å². The zero-order chi connectivity index (χ0) is 23.7. The van der Waals surface area contributed by atoms with Crippen LogP contribution in [-0.4, -0.2) is 20.9 Å². The van der Waals surface area contributed by atoms with Crippen LogP contribution < -0.4 is 10.6 Å². The molecule has 0 radical (unpaired) electrons. The number of aromatic nitrogens is 3. The number of nitrogens with one attached hydrogen (secondary N) is 2. The molecule has 2 heterocycles. The lowest BCUT2D eigenvalue weighted by Gasteiger charge is -2.16. The van der Waals surface area contributed by atoms with Gasteiger partial charge >= 0.3 is 0 Å². The maximum absolute atomic E-state index is 14.9. The van der Waals surface area contributed by atoms with Crippen molar-refractivity contribution in [1.29, 1.82) is 0 Å². The summed E-state index contributed by atoms with van der Waals surface area (Å²) in [5.41, 5.74) is 3.07. The maximum atomic E-state index is 14.9. The number of halogens is 3. The molecule has 1 aliphatic carbocycles. The van der Waals surface area contributed by atoms with E-state index in [0.29, 0.717) is 52.6 Å². The molecule has 2 aromatic carbocycles. The molecule has 170 valence electrons. The standard InChI is InChI=1S/C25H18ClF2N5O/c26-17-13-14(4-7-18(17)27)31-24(34)16-5-8-19(28)23-15(16)6-9-22(23)33-25-30-12-10-21(32-25)20-3-1-2-11-29-20/h1-5,7-8,10-13,22H,6,9H2,(H,31,34)(H,30,32,33)/t22-/m0/s1. The molecule has 1 atom stereocenters. The summed E-state index contributed by atoms with van der Waals surface area (Å²) in [5.74, 6) is -1.07. The number of nitrogens with zero attached hydrogens (tertiary/aromatic N) is 3. The number of carbonyl (C=O) groups is 1. The Morgan fingerprint density at radius 3 is 2.62 bits per heavy atom. The smallest absolute Gasteiger partial charge is 0.255 e. The molecule has 5 rings (SSSR count). The fraction of sp³-hybridized carbons (Fsp3) is 0.120. The van der Waals surface area contributed by atoms with E-state index < -0.39 is 23.6 Å². The van der Waals surface area contributed by atoms with Crippen LogP contribution in [0.5, 0.6) is 0 Å². The van der Waals surface area contributed by atoms with Gasteiger partial charge in [-0.25, -0.2) is 18.7 Å². The number of carbonyl (C=O) groups excluding carboxylic acids is 1. The summed E-state index contributed by atoms with van der Waals surface area (Å²) in [7, 11) is 0. The minimum Gasteiger partial charge on any atom is -0.347 e. The molecule has 0 saturated carbocycles. The van der Waals surface area contributed by atoms with Gasteiger partial charge in [-0.05, 0) is 66.9 Å². The molecule has 9 heteroatoms. The summed E-state index contributed by atoms with van der Waals surface area (Å²) in [6.07, 6.45) is 4.36. The van der Waals surface area contributed by atoms with Crippen LogP contribution in [0, 0.1) is 11.6 Å². The number of fused-ring (bicyclic) bond motifs is 1. The molecule has 6 nitrogen and oxygen atoms in total. The van der Waals surface area contributed by atoms with E-state index in [1.165, 1.54) is 30.3 Å². The van der Waals surface area contributed by atoms with Crippen molar-refractivity contribution in [2.24, 2.45) is 0 Å². The summed E-state index contributed by atoms with van der Waals surface area (Å²) in [6.45, 7) is 0. The molecule has 2 N–H and O–H groups in total. The summed E-state index contributed by atoms with van der Waals surface area (Å²) in [4.78, 5) is 26.0. The first-order chi connectivity index (χ1) is 16.5. The largest absolute Gasteiger partial charge is 0.347 e. The number of hydrogen-bond donors (Lipinski definition) is 2. The van der Waals surface area contributed by atoms with E-state index in [1.54, 1.807) is 18.5 Å². The molecule has 1 aliphatic rings.